The zero-order chi connectivity index (χ0) is 26.3. The highest BCUT2D eigenvalue weighted by molar-refractivity contribution is 7.99. The molecule has 0 aromatic heterocycles. The molecule has 0 bridgehead atoms. The Kier molecular flexibility index (Phi) is 8.61. The smallest absolute Gasteiger partial charge is 0.339 e. The van der Waals surface area contributed by atoms with E-state index < -0.39 is 28.5 Å². The van der Waals surface area contributed by atoms with Crippen LogP contribution in [0.5, 0.6) is 0 Å². The number of nitriles is 1. The monoisotopic (exact) mass is 535 g/mol. The second-order valence-electron chi connectivity index (χ2n) is 8.32. The Balaban J connectivity index is 1.35. The summed E-state index contributed by atoms with van der Waals surface area (Å²) in [6.07, 6.45) is 2.73. The van der Waals surface area contributed by atoms with Crippen LogP contribution in [0, 0.1) is 11.3 Å². The molecule has 1 amide bonds. The molecule has 0 atom stereocenters. The fourth-order valence-electron chi connectivity index (χ4n) is 3.86. The Labute approximate surface area is 220 Å². The van der Waals surface area contributed by atoms with Crippen molar-refractivity contribution >= 4 is 39.3 Å². The van der Waals surface area contributed by atoms with Crippen molar-refractivity contribution in [1.29, 1.82) is 5.26 Å². The largest absolute Gasteiger partial charge is 0.452 e. The van der Waals surface area contributed by atoms with E-state index in [-0.39, 0.29) is 10.5 Å². The molecule has 0 unspecified atom stereocenters. The van der Waals surface area contributed by atoms with E-state index in [1.807, 2.05) is 6.07 Å². The Hall–Kier alpha value is -3.65. The van der Waals surface area contributed by atoms with E-state index in [2.05, 4.69) is 11.4 Å². The Morgan fingerprint density at radius 2 is 1.57 bits per heavy atom. The third kappa shape index (κ3) is 6.57. The van der Waals surface area contributed by atoms with Crippen molar-refractivity contribution in [3.8, 4) is 6.07 Å². The van der Waals surface area contributed by atoms with Crippen LogP contribution in [0.4, 0.5) is 5.69 Å². The van der Waals surface area contributed by atoms with Gasteiger partial charge in [-0.25, -0.2) is 13.2 Å². The van der Waals surface area contributed by atoms with E-state index in [0.717, 1.165) is 19.3 Å². The Morgan fingerprint density at radius 3 is 2.27 bits per heavy atom. The van der Waals surface area contributed by atoms with Crippen molar-refractivity contribution in [2.24, 2.45) is 0 Å². The van der Waals surface area contributed by atoms with Gasteiger partial charge in [-0.3, -0.25) is 4.79 Å². The number of esters is 1. The number of nitrogens with zero attached hydrogens (tertiary/aromatic N) is 2. The SMILES string of the molecule is N#Cc1ccccc1Sc1ccccc1C(=O)OCC(=O)Nc1ccc(S(=O)(=O)N2CCCCC2)cc1. The summed E-state index contributed by atoms with van der Waals surface area (Å²) in [6.45, 7) is 0.512. The summed E-state index contributed by atoms with van der Waals surface area (Å²) < 4.78 is 32.3. The lowest BCUT2D eigenvalue weighted by Gasteiger charge is -2.25. The lowest BCUT2D eigenvalue weighted by molar-refractivity contribution is -0.119. The van der Waals surface area contributed by atoms with Gasteiger partial charge in [0.2, 0.25) is 10.0 Å². The molecule has 1 fully saturated rings. The molecule has 8 nitrogen and oxygen atoms in total. The molecule has 4 rings (SSSR count). The molecule has 0 spiro atoms. The highest BCUT2D eigenvalue weighted by Crippen LogP contribution is 2.33. The number of amides is 1. The molecule has 3 aromatic rings. The van der Waals surface area contributed by atoms with Gasteiger partial charge in [0.25, 0.3) is 5.91 Å². The zero-order valence-corrected chi connectivity index (χ0v) is 21.6. The van der Waals surface area contributed by atoms with Crippen molar-refractivity contribution in [3.63, 3.8) is 0 Å². The predicted octanol–water partition coefficient (Wildman–Crippen LogP) is 4.68. The van der Waals surface area contributed by atoms with E-state index >= 15 is 0 Å². The van der Waals surface area contributed by atoms with Gasteiger partial charge in [0, 0.05) is 28.6 Å². The molecule has 1 saturated heterocycles. The standard InChI is InChI=1S/C27H25N3O5S2/c28-18-20-8-2-4-10-24(20)36-25-11-5-3-9-23(25)27(32)35-19-26(31)29-21-12-14-22(15-13-21)37(33,34)30-16-6-1-7-17-30/h2-5,8-15H,1,6-7,16-17,19H2,(H,29,31). The van der Waals surface area contributed by atoms with Crippen LogP contribution in [0.3, 0.4) is 0 Å². The van der Waals surface area contributed by atoms with Gasteiger partial charge in [0.15, 0.2) is 6.61 Å². The molecule has 3 aromatic carbocycles. The van der Waals surface area contributed by atoms with Gasteiger partial charge in [-0.15, -0.1) is 0 Å². The highest BCUT2D eigenvalue weighted by atomic mass is 32.2. The summed E-state index contributed by atoms with van der Waals surface area (Å²) in [5.41, 5.74) is 1.16. The summed E-state index contributed by atoms with van der Waals surface area (Å²) >= 11 is 1.27. The van der Waals surface area contributed by atoms with E-state index in [1.165, 1.54) is 40.3 Å². The first-order valence-electron chi connectivity index (χ1n) is 11.7. The minimum atomic E-state index is -3.56. The van der Waals surface area contributed by atoms with Crippen molar-refractivity contribution in [2.45, 2.75) is 33.9 Å². The molecule has 1 aliphatic rings. The maximum atomic E-state index is 12.8. The van der Waals surface area contributed by atoms with Gasteiger partial charge in [0.1, 0.15) is 6.07 Å². The molecular weight excluding hydrogens is 510 g/mol. The second kappa shape index (κ2) is 12.1. The molecule has 10 heteroatoms. The molecule has 190 valence electrons. The summed E-state index contributed by atoms with van der Waals surface area (Å²) in [5, 5.41) is 11.9. The summed E-state index contributed by atoms with van der Waals surface area (Å²) in [4.78, 5) is 26.6. The summed E-state index contributed by atoms with van der Waals surface area (Å²) in [7, 11) is -3.56. The number of nitrogens with one attached hydrogen (secondary N) is 1. The summed E-state index contributed by atoms with van der Waals surface area (Å²) in [5.74, 6) is -1.23. The van der Waals surface area contributed by atoms with Crippen LogP contribution in [0.15, 0.2) is 87.5 Å². The second-order valence-corrected chi connectivity index (χ2v) is 11.3. The number of anilines is 1. The first-order chi connectivity index (χ1) is 17.9. The predicted molar refractivity (Wildman–Crippen MR) is 140 cm³/mol. The normalized spacial score (nSPS) is 13.9. The molecule has 1 aliphatic heterocycles. The number of ether oxygens (including phenoxy) is 1. The number of piperidine rings is 1. The van der Waals surface area contributed by atoms with Crippen LogP contribution < -0.4 is 5.32 Å². The van der Waals surface area contributed by atoms with Crippen LogP contribution in [0.25, 0.3) is 0 Å². The molecule has 0 aliphatic carbocycles. The first-order valence-corrected chi connectivity index (χ1v) is 14.0. The van der Waals surface area contributed by atoms with Crippen molar-refractivity contribution in [3.05, 3.63) is 83.9 Å². The number of sulfonamides is 1. The number of carbonyl (C=O) groups is 2. The number of hydrogen-bond acceptors (Lipinski definition) is 7. The van der Waals surface area contributed by atoms with Crippen LogP contribution in [-0.4, -0.2) is 44.3 Å². The summed E-state index contributed by atoms with van der Waals surface area (Å²) in [6, 6.07) is 21.9. The highest BCUT2D eigenvalue weighted by Gasteiger charge is 2.25. The van der Waals surface area contributed by atoms with E-state index in [4.69, 9.17) is 4.74 Å². The molecular formula is C27H25N3O5S2. The molecule has 1 heterocycles. The van der Waals surface area contributed by atoms with Crippen LogP contribution in [0.2, 0.25) is 0 Å². The van der Waals surface area contributed by atoms with E-state index in [0.29, 0.717) is 34.1 Å². The lowest BCUT2D eigenvalue weighted by atomic mass is 10.2. The van der Waals surface area contributed by atoms with Crippen molar-refractivity contribution < 1.29 is 22.7 Å². The molecule has 0 radical (unpaired) electrons. The van der Waals surface area contributed by atoms with Gasteiger partial charge in [-0.1, -0.05) is 42.4 Å². The average molecular weight is 536 g/mol. The van der Waals surface area contributed by atoms with Crippen molar-refractivity contribution in [2.75, 3.05) is 25.0 Å². The van der Waals surface area contributed by atoms with Gasteiger partial charge < -0.3 is 10.1 Å². The number of benzene rings is 3. The van der Waals surface area contributed by atoms with Gasteiger partial charge in [-0.05, 0) is 61.4 Å². The fraction of sp³-hybridized carbons (Fsp3) is 0.222. The minimum Gasteiger partial charge on any atom is -0.452 e. The number of carbonyl (C=O) groups excluding carboxylic acids is 2. The van der Waals surface area contributed by atoms with Crippen LogP contribution in [0.1, 0.15) is 35.2 Å². The first kappa shape index (κ1) is 26.4. The van der Waals surface area contributed by atoms with E-state index in [1.54, 1.807) is 42.5 Å². The molecule has 0 saturated carbocycles. The molecule has 37 heavy (non-hydrogen) atoms. The van der Waals surface area contributed by atoms with Crippen LogP contribution >= 0.6 is 11.8 Å². The topological polar surface area (TPSA) is 117 Å². The zero-order valence-electron chi connectivity index (χ0n) is 19.9. The Morgan fingerprint density at radius 1 is 0.919 bits per heavy atom. The average Bonchev–Trinajstić information content (AvgIpc) is 2.93. The molecule has 1 N–H and O–H groups in total. The van der Waals surface area contributed by atoms with Gasteiger partial charge in [-0.2, -0.15) is 9.57 Å². The maximum Gasteiger partial charge on any atom is 0.339 e. The fourth-order valence-corrected chi connectivity index (χ4v) is 6.39. The van der Waals surface area contributed by atoms with E-state index in [9.17, 15) is 23.3 Å². The van der Waals surface area contributed by atoms with Crippen molar-refractivity contribution in [1.82, 2.24) is 4.31 Å². The number of rotatable bonds is 8. The maximum absolute atomic E-state index is 12.8. The third-order valence-corrected chi connectivity index (χ3v) is 8.82. The third-order valence-electron chi connectivity index (χ3n) is 5.76. The van der Waals surface area contributed by atoms with Gasteiger partial charge >= 0.3 is 5.97 Å². The van der Waals surface area contributed by atoms with Crippen LogP contribution in [-0.2, 0) is 19.6 Å². The Bertz CT molecular complexity index is 1430. The lowest BCUT2D eigenvalue weighted by Crippen LogP contribution is -2.35. The quantitative estimate of drug-likeness (QED) is 0.416. The number of hydrogen-bond donors (Lipinski definition) is 1. The minimum absolute atomic E-state index is 0.172. The van der Waals surface area contributed by atoms with Gasteiger partial charge in [0.05, 0.1) is 16.0 Å².